The number of carbonyl (C=O) groups excluding carboxylic acids is 1. The molecule has 3 rings (SSSR count). The van der Waals surface area contributed by atoms with Crippen LogP contribution in [0, 0.1) is 0 Å². The van der Waals surface area contributed by atoms with Gasteiger partial charge in [0.25, 0.3) is 5.89 Å². The molecule has 0 atom stereocenters. The highest BCUT2D eigenvalue weighted by Crippen LogP contribution is 2.26. The van der Waals surface area contributed by atoms with Crippen molar-refractivity contribution in [2.75, 3.05) is 10.6 Å². The lowest BCUT2D eigenvalue weighted by Crippen LogP contribution is -2.06. The molecule has 3 aromatic rings. The SMILES string of the molecule is CC(=O)Nc1ccc(NCc2noc(-c3ccoc3)n2)c(Cl)c1. The Labute approximate surface area is 136 Å². The van der Waals surface area contributed by atoms with Crippen LogP contribution in [-0.4, -0.2) is 16.0 Å². The Hall–Kier alpha value is -2.80. The van der Waals surface area contributed by atoms with Crippen molar-refractivity contribution < 1.29 is 13.7 Å². The lowest BCUT2D eigenvalue weighted by Gasteiger charge is -2.08. The molecule has 0 aliphatic heterocycles. The Balaban J connectivity index is 1.65. The second-order valence-corrected chi connectivity index (χ2v) is 5.16. The molecule has 7 nitrogen and oxygen atoms in total. The van der Waals surface area contributed by atoms with Crippen molar-refractivity contribution in [3.05, 3.63) is 47.6 Å². The van der Waals surface area contributed by atoms with Gasteiger partial charge in [-0.15, -0.1) is 0 Å². The predicted octanol–water partition coefficient (Wildman–Crippen LogP) is 3.55. The van der Waals surface area contributed by atoms with Crippen LogP contribution in [0.4, 0.5) is 11.4 Å². The van der Waals surface area contributed by atoms with E-state index < -0.39 is 0 Å². The number of halogens is 1. The summed E-state index contributed by atoms with van der Waals surface area (Å²) in [6.07, 6.45) is 3.07. The lowest BCUT2D eigenvalue weighted by atomic mass is 10.2. The zero-order chi connectivity index (χ0) is 16.2. The molecule has 0 radical (unpaired) electrons. The third-order valence-corrected chi connectivity index (χ3v) is 3.28. The van der Waals surface area contributed by atoms with E-state index in [0.717, 1.165) is 5.56 Å². The Kier molecular flexibility index (Phi) is 4.29. The van der Waals surface area contributed by atoms with Crippen LogP contribution < -0.4 is 10.6 Å². The van der Waals surface area contributed by atoms with Crippen molar-refractivity contribution in [3.8, 4) is 11.5 Å². The summed E-state index contributed by atoms with van der Waals surface area (Å²) in [6.45, 7) is 1.79. The molecule has 0 bridgehead atoms. The Morgan fingerprint density at radius 1 is 1.35 bits per heavy atom. The largest absolute Gasteiger partial charge is 0.472 e. The number of amides is 1. The van der Waals surface area contributed by atoms with Crippen LogP contribution in [0.15, 0.2) is 45.7 Å². The zero-order valence-electron chi connectivity index (χ0n) is 12.2. The number of carbonyl (C=O) groups is 1. The standard InChI is InChI=1S/C15H13ClN4O3/c1-9(21)18-11-2-3-13(12(16)6-11)17-7-14-19-15(23-20-14)10-4-5-22-8-10/h2-6,8,17H,7H2,1H3,(H,18,21). The van der Waals surface area contributed by atoms with E-state index in [1.165, 1.54) is 19.5 Å². The molecule has 0 saturated carbocycles. The first kappa shape index (κ1) is 15.1. The first-order chi connectivity index (χ1) is 11.1. The number of hydrogen-bond donors (Lipinski definition) is 2. The first-order valence-electron chi connectivity index (χ1n) is 6.78. The van der Waals surface area contributed by atoms with Gasteiger partial charge in [0.05, 0.1) is 29.1 Å². The molecular formula is C15H13ClN4O3. The van der Waals surface area contributed by atoms with Gasteiger partial charge in [-0.05, 0) is 24.3 Å². The number of anilines is 2. The number of rotatable bonds is 5. The molecule has 0 aliphatic carbocycles. The number of aromatic nitrogens is 2. The van der Waals surface area contributed by atoms with Crippen LogP contribution >= 0.6 is 11.6 Å². The third-order valence-electron chi connectivity index (χ3n) is 2.96. The van der Waals surface area contributed by atoms with E-state index in [1.54, 1.807) is 24.3 Å². The molecule has 0 spiro atoms. The summed E-state index contributed by atoms with van der Waals surface area (Å²) in [4.78, 5) is 15.3. The van der Waals surface area contributed by atoms with Gasteiger partial charge in [-0.2, -0.15) is 4.98 Å². The fourth-order valence-corrected chi connectivity index (χ4v) is 2.19. The minimum absolute atomic E-state index is 0.152. The van der Waals surface area contributed by atoms with E-state index in [1.807, 2.05) is 0 Å². The highest BCUT2D eigenvalue weighted by Gasteiger charge is 2.10. The van der Waals surface area contributed by atoms with Gasteiger partial charge in [0.1, 0.15) is 6.26 Å². The minimum atomic E-state index is -0.152. The maximum Gasteiger partial charge on any atom is 0.261 e. The molecular weight excluding hydrogens is 320 g/mol. The molecule has 2 heterocycles. The van der Waals surface area contributed by atoms with E-state index in [4.69, 9.17) is 20.5 Å². The Bertz CT molecular complexity index is 814. The van der Waals surface area contributed by atoms with Crippen LogP contribution in [0.5, 0.6) is 0 Å². The van der Waals surface area contributed by atoms with Gasteiger partial charge < -0.3 is 19.6 Å². The fourth-order valence-electron chi connectivity index (χ4n) is 1.94. The molecule has 0 aliphatic rings. The van der Waals surface area contributed by atoms with Gasteiger partial charge in [0.15, 0.2) is 5.82 Å². The maximum atomic E-state index is 11.0. The van der Waals surface area contributed by atoms with Gasteiger partial charge in [-0.25, -0.2) is 0 Å². The van der Waals surface area contributed by atoms with E-state index in [-0.39, 0.29) is 5.91 Å². The van der Waals surface area contributed by atoms with Crippen LogP contribution in [-0.2, 0) is 11.3 Å². The summed E-state index contributed by atoms with van der Waals surface area (Å²) < 4.78 is 10.1. The van der Waals surface area contributed by atoms with Crippen LogP contribution in [0.3, 0.4) is 0 Å². The van der Waals surface area contributed by atoms with Crippen LogP contribution in [0.2, 0.25) is 5.02 Å². The molecule has 0 saturated heterocycles. The molecule has 1 aromatic carbocycles. The molecule has 23 heavy (non-hydrogen) atoms. The van der Waals surface area contributed by atoms with Crippen LogP contribution in [0.25, 0.3) is 11.5 Å². The van der Waals surface area contributed by atoms with E-state index >= 15 is 0 Å². The normalized spacial score (nSPS) is 10.5. The van der Waals surface area contributed by atoms with Gasteiger partial charge in [0, 0.05) is 12.6 Å². The average Bonchev–Trinajstić information content (AvgIpc) is 3.17. The quantitative estimate of drug-likeness (QED) is 0.742. The molecule has 0 fully saturated rings. The summed E-state index contributed by atoms with van der Waals surface area (Å²) in [5.41, 5.74) is 2.06. The molecule has 2 aromatic heterocycles. The van der Waals surface area contributed by atoms with E-state index in [0.29, 0.717) is 34.7 Å². The van der Waals surface area contributed by atoms with Gasteiger partial charge in [-0.1, -0.05) is 16.8 Å². The van der Waals surface area contributed by atoms with E-state index in [2.05, 4.69) is 20.8 Å². The third kappa shape index (κ3) is 3.70. The second-order valence-electron chi connectivity index (χ2n) is 4.76. The smallest absolute Gasteiger partial charge is 0.261 e. The maximum absolute atomic E-state index is 11.0. The number of benzene rings is 1. The van der Waals surface area contributed by atoms with Crippen molar-refractivity contribution in [1.82, 2.24) is 10.1 Å². The van der Waals surface area contributed by atoms with Crippen LogP contribution in [0.1, 0.15) is 12.7 Å². The van der Waals surface area contributed by atoms with E-state index in [9.17, 15) is 4.79 Å². The second kappa shape index (κ2) is 6.53. The van der Waals surface area contributed by atoms with Crippen molar-refractivity contribution in [2.24, 2.45) is 0 Å². The predicted molar refractivity (Wildman–Crippen MR) is 85.1 cm³/mol. The van der Waals surface area contributed by atoms with Gasteiger partial charge in [0.2, 0.25) is 5.91 Å². The summed E-state index contributed by atoms with van der Waals surface area (Å²) in [5, 5.41) is 10.1. The molecule has 2 N–H and O–H groups in total. The van der Waals surface area contributed by atoms with Crippen molar-refractivity contribution in [1.29, 1.82) is 0 Å². The molecule has 118 valence electrons. The number of nitrogens with one attached hydrogen (secondary N) is 2. The summed E-state index contributed by atoms with van der Waals surface area (Å²) in [7, 11) is 0. The first-order valence-corrected chi connectivity index (χ1v) is 7.16. The zero-order valence-corrected chi connectivity index (χ0v) is 12.9. The molecule has 0 unspecified atom stereocenters. The summed E-state index contributed by atoms with van der Waals surface area (Å²) in [5.74, 6) is 0.728. The van der Waals surface area contributed by atoms with Gasteiger partial charge in [-0.3, -0.25) is 4.79 Å². The highest BCUT2D eigenvalue weighted by molar-refractivity contribution is 6.33. The molecule has 8 heteroatoms. The minimum Gasteiger partial charge on any atom is -0.472 e. The number of nitrogens with zero attached hydrogens (tertiary/aromatic N) is 2. The monoisotopic (exact) mass is 332 g/mol. The lowest BCUT2D eigenvalue weighted by molar-refractivity contribution is -0.114. The molecule has 1 amide bonds. The topological polar surface area (TPSA) is 93.2 Å². The summed E-state index contributed by atoms with van der Waals surface area (Å²) in [6, 6.07) is 6.92. The van der Waals surface area contributed by atoms with Crippen molar-refractivity contribution in [3.63, 3.8) is 0 Å². The van der Waals surface area contributed by atoms with Gasteiger partial charge >= 0.3 is 0 Å². The number of furan rings is 1. The Morgan fingerprint density at radius 2 is 2.22 bits per heavy atom. The fraction of sp³-hybridized carbons (Fsp3) is 0.133. The highest BCUT2D eigenvalue weighted by atomic mass is 35.5. The summed E-state index contributed by atoms with van der Waals surface area (Å²) >= 11 is 6.18. The Morgan fingerprint density at radius 3 is 2.91 bits per heavy atom. The average molecular weight is 333 g/mol. The van der Waals surface area contributed by atoms with Crippen molar-refractivity contribution >= 4 is 28.9 Å². The number of hydrogen-bond acceptors (Lipinski definition) is 6. The van der Waals surface area contributed by atoms with Crippen molar-refractivity contribution in [2.45, 2.75) is 13.5 Å².